The van der Waals surface area contributed by atoms with Gasteiger partial charge in [-0.15, -0.1) is 47.0 Å². The summed E-state index contributed by atoms with van der Waals surface area (Å²) in [6.45, 7) is 0. The van der Waals surface area contributed by atoms with Gasteiger partial charge in [-0.25, -0.2) is 0 Å². The van der Waals surface area contributed by atoms with Crippen LogP contribution >= 0.6 is 94.1 Å². The Hall–Kier alpha value is 2.80. The van der Waals surface area contributed by atoms with Crippen molar-refractivity contribution in [3.05, 3.63) is 0 Å². The zero-order valence-corrected chi connectivity index (χ0v) is 18.5. The summed E-state index contributed by atoms with van der Waals surface area (Å²) >= 11 is 17.4. The molecule has 3 rings (SSSR count). The molecule has 0 radical (unpaired) electrons. The highest BCUT2D eigenvalue weighted by Crippen LogP contribution is 2.40. The highest BCUT2D eigenvalue weighted by Gasteiger charge is 2.23. The molecule has 0 spiro atoms. The Balaban J connectivity index is 1.29. The van der Waals surface area contributed by atoms with Gasteiger partial charge in [-0.05, 0) is 0 Å². The molecule has 0 atom stereocenters. The fraction of sp³-hybridized carbons (Fsp3) is 1.00. The van der Waals surface area contributed by atoms with Crippen LogP contribution in [0.4, 0.5) is 0 Å². The maximum atomic E-state index is 2.24. The summed E-state index contributed by atoms with van der Waals surface area (Å²) in [6.07, 6.45) is 0. The Bertz CT molecular complexity index is 270. The van der Waals surface area contributed by atoms with Gasteiger partial charge in [0.05, 0.1) is 4.58 Å². The van der Waals surface area contributed by atoms with Gasteiger partial charge in [0.25, 0.3) is 0 Å². The van der Waals surface area contributed by atoms with Crippen LogP contribution < -0.4 is 0 Å². The van der Waals surface area contributed by atoms with Crippen LogP contribution in [0.25, 0.3) is 0 Å². The molecule has 0 bridgehead atoms. The summed E-state index contributed by atoms with van der Waals surface area (Å²) in [6, 6.07) is 0. The number of hydrogen-bond acceptors (Lipinski definition) is 8. The Morgan fingerprint density at radius 2 is 1.10 bits per heavy atom. The number of thioether (sulfide) groups is 8. The topological polar surface area (TPSA) is 0 Å². The minimum atomic E-state index is 0.820. The molecule has 0 nitrogen and oxygen atoms in total. The standard InChI is InChI=1S/C13H22S8/c1-10(2-14-1)17-7-13(20-8-18-11-3-15-4-11)21-9-19-12-5-16-6-12/h10-13H,1-9H2. The van der Waals surface area contributed by atoms with Gasteiger partial charge < -0.3 is 0 Å². The fourth-order valence-corrected chi connectivity index (χ4v) is 13.5. The molecule has 0 unspecified atom stereocenters. The lowest BCUT2D eigenvalue weighted by Gasteiger charge is -2.28. The smallest absolute Gasteiger partial charge is 0.0609 e. The lowest BCUT2D eigenvalue weighted by molar-refractivity contribution is 1.08. The first kappa shape index (κ1) is 18.6. The highest BCUT2D eigenvalue weighted by molar-refractivity contribution is 8.28. The fourth-order valence-electron chi connectivity index (χ4n) is 1.71. The van der Waals surface area contributed by atoms with E-state index in [-0.39, 0.29) is 0 Å². The lowest BCUT2D eigenvalue weighted by atomic mass is 10.5. The van der Waals surface area contributed by atoms with Crippen LogP contribution in [0.15, 0.2) is 0 Å². The first-order valence-electron chi connectivity index (χ1n) is 7.21. The molecule has 3 heterocycles. The maximum Gasteiger partial charge on any atom is 0.0609 e. The molecule has 3 aliphatic rings. The monoisotopic (exact) mass is 434 g/mol. The highest BCUT2D eigenvalue weighted by atomic mass is 32.3. The third-order valence-electron chi connectivity index (χ3n) is 3.41. The summed E-state index contributed by atoms with van der Waals surface area (Å²) in [7, 11) is 0. The zero-order valence-electron chi connectivity index (χ0n) is 11.9. The van der Waals surface area contributed by atoms with E-state index < -0.39 is 0 Å². The van der Waals surface area contributed by atoms with Crippen molar-refractivity contribution in [2.45, 2.75) is 20.3 Å². The zero-order chi connectivity index (χ0) is 14.3. The lowest BCUT2D eigenvalue weighted by Crippen LogP contribution is -2.23. The molecular formula is C13H22S8. The van der Waals surface area contributed by atoms with E-state index in [0.29, 0.717) is 0 Å². The average Bonchev–Trinajstić information content (AvgIpc) is 2.32. The third-order valence-corrected chi connectivity index (χ3v) is 15.9. The molecule has 3 aliphatic heterocycles. The van der Waals surface area contributed by atoms with Gasteiger partial charge in [0.15, 0.2) is 0 Å². The molecule has 8 heteroatoms. The molecule has 0 amide bonds. The van der Waals surface area contributed by atoms with Crippen molar-refractivity contribution >= 4 is 94.1 Å². The quantitative estimate of drug-likeness (QED) is 0.400. The largest absolute Gasteiger partial charge is 0.160 e. The first-order valence-corrected chi connectivity index (χ1v) is 15.9. The van der Waals surface area contributed by atoms with Gasteiger partial charge in [0.2, 0.25) is 0 Å². The van der Waals surface area contributed by atoms with Crippen LogP contribution in [0, 0.1) is 0 Å². The van der Waals surface area contributed by atoms with Crippen LogP contribution in [-0.4, -0.2) is 70.8 Å². The molecule has 0 aromatic carbocycles. The molecule has 3 saturated heterocycles. The van der Waals surface area contributed by atoms with Crippen molar-refractivity contribution in [1.29, 1.82) is 0 Å². The normalized spacial score (nSPS) is 23.9. The van der Waals surface area contributed by atoms with E-state index in [9.17, 15) is 0 Å². The van der Waals surface area contributed by atoms with E-state index in [1.54, 1.807) is 0 Å². The molecular weight excluding hydrogens is 413 g/mol. The van der Waals surface area contributed by atoms with Crippen molar-refractivity contribution in [2.24, 2.45) is 0 Å². The molecule has 3 fully saturated rings. The van der Waals surface area contributed by atoms with Crippen LogP contribution in [0.5, 0.6) is 0 Å². The predicted octanol–water partition coefficient (Wildman–Crippen LogP) is 5.24. The Morgan fingerprint density at radius 3 is 1.48 bits per heavy atom. The summed E-state index contributed by atoms with van der Waals surface area (Å²) < 4.78 is 0.820. The van der Waals surface area contributed by atoms with Crippen LogP contribution in [0.3, 0.4) is 0 Å². The van der Waals surface area contributed by atoms with Crippen molar-refractivity contribution in [3.8, 4) is 0 Å². The van der Waals surface area contributed by atoms with Gasteiger partial charge in [-0.3, -0.25) is 0 Å². The average molecular weight is 435 g/mol. The van der Waals surface area contributed by atoms with Crippen LogP contribution in [0.1, 0.15) is 0 Å². The summed E-state index contributed by atoms with van der Waals surface area (Å²) in [5, 5.41) is 5.51. The SMILES string of the molecule is C(SC1CSC1)SC(CSC1CSC1)SCSC1CSC1. The van der Waals surface area contributed by atoms with Crippen molar-refractivity contribution < 1.29 is 0 Å². The summed E-state index contributed by atoms with van der Waals surface area (Å²) in [5.74, 6) is 9.74. The maximum absolute atomic E-state index is 2.24. The van der Waals surface area contributed by atoms with Gasteiger partial charge in [0.1, 0.15) is 0 Å². The van der Waals surface area contributed by atoms with Crippen LogP contribution in [0.2, 0.25) is 0 Å². The molecule has 0 aromatic rings. The van der Waals surface area contributed by atoms with E-state index in [4.69, 9.17) is 0 Å². The van der Waals surface area contributed by atoms with Crippen molar-refractivity contribution in [2.75, 3.05) is 50.4 Å². The summed E-state index contributed by atoms with van der Waals surface area (Å²) in [5.41, 5.74) is 0. The van der Waals surface area contributed by atoms with E-state index in [0.717, 1.165) is 20.3 Å². The molecule has 0 aliphatic carbocycles. The second-order valence-corrected chi connectivity index (χ2v) is 15.7. The van der Waals surface area contributed by atoms with Crippen molar-refractivity contribution in [1.82, 2.24) is 0 Å². The molecule has 0 aromatic heterocycles. The third kappa shape index (κ3) is 6.90. The van der Waals surface area contributed by atoms with Crippen molar-refractivity contribution in [3.63, 3.8) is 0 Å². The summed E-state index contributed by atoms with van der Waals surface area (Å²) in [4.78, 5) is 0. The molecule has 0 N–H and O–H groups in total. The van der Waals surface area contributed by atoms with Gasteiger partial charge in [-0.2, -0.15) is 47.0 Å². The van der Waals surface area contributed by atoms with Gasteiger partial charge in [-0.1, -0.05) is 0 Å². The second kappa shape index (κ2) is 10.7. The van der Waals surface area contributed by atoms with E-state index in [1.807, 2.05) is 0 Å². The number of hydrogen-bond donors (Lipinski definition) is 0. The van der Waals surface area contributed by atoms with E-state index in [2.05, 4.69) is 94.1 Å². The Morgan fingerprint density at radius 1 is 0.667 bits per heavy atom. The van der Waals surface area contributed by atoms with E-state index >= 15 is 0 Å². The van der Waals surface area contributed by atoms with E-state index in [1.165, 1.54) is 50.4 Å². The first-order chi connectivity index (χ1) is 10.4. The molecule has 21 heavy (non-hydrogen) atoms. The molecule has 122 valence electrons. The Kier molecular flexibility index (Phi) is 9.48. The Labute approximate surface area is 163 Å². The predicted molar refractivity (Wildman–Crippen MR) is 120 cm³/mol. The minimum absolute atomic E-state index is 0.820. The number of rotatable bonds is 11. The molecule has 0 saturated carbocycles. The minimum Gasteiger partial charge on any atom is -0.160 e. The van der Waals surface area contributed by atoms with Gasteiger partial charge >= 0.3 is 0 Å². The van der Waals surface area contributed by atoms with Gasteiger partial charge in [0, 0.05) is 66.2 Å². The van der Waals surface area contributed by atoms with Crippen LogP contribution in [-0.2, 0) is 0 Å². The second-order valence-electron chi connectivity index (χ2n) is 5.14.